The van der Waals surface area contributed by atoms with E-state index in [0.29, 0.717) is 29.0 Å². The maximum Gasteiger partial charge on any atom is 0.341 e. The van der Waals surface area contributed by atoms with E-state index in [1.807, 2.05) is 32.0 Å². The predicted octanol–water partition coefficient (Wildman–Crippen LogP) is 3.30. The fraction of sp³-hybridized carbons (Fsp3) is 0.318. The lowest BCUT2D eigenvalue weighted by Crippen LogP contribution is -2.37. The monoisotopic (exact) mass is 398 g/mol. The Labute approximate surface area is 170 Å². The smallest absolute Gasteiger partial charge is 0.341 e. The fourth-order valence-electron chi connectivity index (χ4n) is 2.75. The van der Waals surface area contributed by atoms with E-state index in [1.54, 1.807) is 37.3 Å². The highest BCUT2D eigenvalue weighted by atomic mass is 16.5. The van der Waals surface area contributed by atoms with E-state index in [-0.39, 0.29) is 17.7 Å². The van der Waals surface area contributed by atoms with E-state index in [9.17, 15) is 14.4 Å². The summed E-state index contributed by atoms with van der Waals surface area (Å²) in [6, 6.07) is 13.1. The summed E-state index contributed by atoms with van der Waals surface area (Å²) in [5, 5.41) is 14.3. The molecule has 2 amide bonds. The molecule has 3 N–H and O–H groups in total. The molecule has 0 aliphatic heterocycles. The standard InChI is InChI=1S/C22H26N2O5/c1-14(2)11-19(25)24-21(16-7-5-4-6-8-16)22(28)23-18-10-9-17(12-15(18)3)29-13-20(26)27/h4-10,12,14,21H,11,13H2,1-3H3,(H,23,28)(H,24,25)(H,26,27). The maximum absolute atomic E-state index is 13.0. The summed E-state index contributed by atoms with van der Waals surface area (Å²) in [6.07, 6.45) is 0.325. The van der Waals surface area contributed by atoms with Crippen LogP contribution in [0.4, 0.5) is 5.69 Å². The van der Waals surface area contributed by atoms with Crippen LogP contribution in [0.15, 0.2) is 48.5 Å². The maximum atomic E-state index is 13.0. The normalized spacial score (nSPS) is 11.6. The Kier molecular flexibility index (Phi) is 7.77. The number of ether oxygens (including phenoxy) is 1. The van der Waals surface area contributed by atoms with Gasteiger partial charge in [0.1, 0.15) is 11.8 Å². The van der Waals surface area contributed by atoms with Crippen molar-refractivity contribution < 1.29 is 24.2 Å². The third-order valence-electron chi connectivity index (χ3n) is 4.11. The number of hydrogen-bond acceptors (Lipinski definition) is 4. The van der Waals surface area contributed by atoms with Gasteiger partial charge in [0.2, 0.25) is 5.91 Å². The highest BCUT2D eigenvalue weighted by molar-refractivity contribution is 5.98. The third kappa shape index (κ3) is 6.95. The number of carbonyl (C=O) groups excluding carboxylic acids is 2. The van der Waals surface area contributed by atoms with Gasteiger partial charge in [0.15, 0.2) is 6.61 Å². The summed E-state index contributed by atoms with van der Waals surface area (Å²) in [5.41, 5.74) is 1.94. The van der Waals surface area contributed by atoms with Crippen molar-refractivity contribution in [3.63, 3.8) is 0 Å². The molecule has 0 saturated carbocycles. The molecule has 2 aromatic rings. The van der Waals surface area contributed by atoms with Crippen LogP contribution in [0.25, 0.3) is 0 Å². The molecular formula is C22H26N2O5. The number of carbonyl (C=O) groups is 3. The van der Waals surface area contributed by atoms with Gasteiger partial charge in [-0.1, -0.05) is 44.2 Å². The van der Waals surface area contributed by atoms with Crippen LogP contribution in [0.1, 0.15) is 37.4 Å². The highest BCUT2D eigenvalue weighted by Crippen LogP contribution is 2.23. The van der Waals surface area contributed by atoms with E-state index < -0.39 is 18.6 Å². The van der Waals surface area contributed by atoms with Gasteiger partial charge in [-0.2, -0.15) is 0 Å². The topological polar surface area (TPSA) is 105 Å². The largest absolute Gasteiger partial charge is 0.482 e. The highest BCUT2D eigenvalue weighted by Gasteiger charge is 2.23. The summed E-state index contributed by atoms with van der Waals surface area (Å²) >= 11 is 0. The van der Waals surface area contributed by atoms with Crippen molar-refractivity contribution in [2.24, 2.45) is 5.92 Å². The lowest BCUT2D eigenvalue weighted by molar-refractivity contribution is -0.139. The van der Waals surface area contributed by atoms with Crippen LogP contribution in [0.2, 0.25) is 0 Å². The molecule has 1 atom stereocenters. The van der Waals surface area contributed by atoms with Gasteiger partial charge in [0.05, 0.1) is 0 Å². The second kappa shape index (κ2) is 10.3. The summed E-state index contributed by atoms with van der Waals surface area (Å²) < 4.78 is 5.15. The SMILES string of the molecule is Cc1cc(OCC(=O)O)ccc1NC(=O)C(NC(=O)CC(C)C)c1ccccc1. The average Bonchev–Trinajstić information content (AvgIpc) is 2.66. The number of anilines is 1. The van der Waals surface area contributed by atoms with Crippen LogP contribution in [-0.4, -0.2) is 29.5 Å². The molecule has 7 heteroatoms. The van der Waals surface area contributed by atoms with Gasteiger partial charge < -0.3 is 20.5 Å². The van der Waals surface area contributed by atoms with Crippen molar-refractivity contribution in [1.82, 2.24) is 5.32 Å². The Morgan fingerprint density at radius 3 is 2.34 bits per heavy atom. The third-order valence-corrected chi connectivity index (χ3v) is 4.11. The lowest BCUT2D eigenvalue weighted by atomic mass is 10.0. The fourth-order valence-corrected chi connectivity index (χ4v) is 2.75. The Hall–Kier alpha value is -3.35. The number of amides is 2. The van der Waals surface area contributed by atoms with Crippen molar-refractivity contribution in [2.75, 3.05) is 11.9 Å². The van der Waals surface area contributed by atoms with Crippen molar-refractivity contribution in [1.29, 1.82) is 0 Å². The van der Waals surface area contributed by atoms with E-state index >= 15 is 0 Å². The minimum atomic E-state index is -1.07. The van der Waals surface area contributed by atoms with Gasteiger partial charge in [-0.05, 0) is 42.2 Å². The van der Waals surface area contributed by atoms with Crippen LogP contribution in [0, 0.1) is 12.8 Å². The van der Waals surface area contributed by atoms with Gasteiger partial charge in [-0.25, -0.2) is 4.79 Å². The summed E-state index contributed by atoms with van der Waals surface area (Å²) in [7, 11) is 0. The summed E-state index contributed by atoms with van der Waals surface area (Å²) in [4.78, 5) is 35.8. The number of benzene rings is 2. The molecule has 0 heterocycles. The molecule has 154 valence electrons. The van der Waals surface area contributed by atoms with Crippen molar-refractivity contribution >= 4 is 23.5 Å². The predicted molar refractivity (Wildman–Crippen MR) is 110 cm³/mol. The van der Waals surface area contributed by atoms with Crippen LogP contribution < -0.4 is 15.4 Å². The Morgan fingerprint density at radius 2 is 1.76 bits per heavy atom. The Balaban J connectivity index is 2.16. The van der Waals surface area contributed by atoms with E-state index in [4.69, 9.17) is 9.84 Å². The van der Waals surface area contributed by atoms with Gasteiger partial charge in [-0.15, -0.1) is 0 Å². The molecule has 7 nitrogen and oxygen atoms in total. The van der Waals surface area contributed by atoms with Crippen molar-refractivity contribution in [3.8, 4) is 5.75 Å². The number of carboxylic acids is 1. The number of rotatable bonds is 9. The number of carboxylic acid groups (broad SMARTS) is 1. The first kappa shape index (κ1) is 21.9. The van der Waals surface area contributed by atoms with Gasteiger partial charge >= 0.3 is 5.97 Å². The zero-order chi connectivity index (χ0) is 21.4. The molecule has 2 aromatic carbocycles. The molecule has 0 radical (unpaired) electrons. The molecule has 0 bridgehead atoms. The minimum Gasteiger partial charge on any atom is -0.482 e. The zero-order valence-corrected chi connectivity index (χ0v) is 16.8. The number of aliphatic carboxylic acids is 1. The van der Waals surface area contributed by atoms with Gasteiger partial charge in [-0.3, -0.25) is 9.59 Å². The van der Waals surface area contributed by atoms with Crippen molar-refractivity contribution in [3.05, 3.63) is 59.7 Å². The Bertz CT molecular complexity index is 865. The van der Waals surface area contributed by atoms with Gasteiger partial charge in [0.25, 0.3) is 5.91 Å². The quantitative estimate of drug-likeness (QED) is 0.601. The number of nitrogens with one attached hydrogen (secondary N) is 2. The molecule has 2 rings (SSSR count). The molecule has 0 fully saturated rings. The Morgan fingerprint density at radius 1 is 1.07 bits per heavy atom. The first-order chi connectivity index (χ1) is 13.8. The number of aryl methyl sites for hydroxylation is 1. The summed E-state index contributed by atoms with van der Waals surface area (Å²) in [5.74, 6) is -1.06. The zero-order valence-electron chi connectivity index (χ0n) is 16.8. The first-order valence-corrected chi connectivity index (χ1v) is 9.36. The molecule has 29 heavy (non-hydrogen) atoms. The number of hydrogen-bond donors (Lipinski definition) is 3. The summed E-state index contributed by atoms with van der Waals surface area (Å²) in [6.45, 7) is 5.21. The van der Waals surface area contributed by atoms with E-state index in [1.165, 1.54) is 0 Å². The van der Waals surface area contributed by atoms with Crippen LogP contribution in [0.5, 0.6) is 5.75 Å². The molecule has 0 saturated heterocycles. The van der Waals surface area contributed by atoms with Crippen LogP contribution in [-0.2, 0) is 14.4 Å². The van der Waals surface area contributed by atoms with Crippen LogP contribution in [0.3, 0.4) is 0 Å². The second-order valence-corrected chi connectivity index (χ2v) is 7.16. The lowest BCUT2D eigenvalue weighted by Gasteiger charge is -2.20. The van der Waals surface area contributed by atoms with Gasteiger partial charge in [0, 0.05) is 12.1 Å². The average molecular weight is 398 g/mol. The molecule has 0 spiro atoms. The van der Waals surface area contributed by atoms with Crippen LogP contribution >= 0.6 is 0 Å². The molecule has 0 aliphatic rings. The van der Waals surface area contributed by atoms with E-state index in [0.717, 1.165) is 0 Å². The molecular weight excluding hydrogens is 372 g/mol. The molecule has 1 unspecified atom stereocenters. The molecule has 0 aromatic heterocycles. The van der Waals surface area contributed by atoms with Crippen molar-refractivity contribution in [2.45, 2.75) is 33.2 Å². The second-order valence-electron chi connectivity index (χ2n) is 7.16. The molecule has 0 aliphatic carbocycles. The minimum absolute atomic E-state index is 0.176. The van der Waals surface area contributed by atoms with E-state index in [2.05, 4.69) is 10.6 Å². The first-order valence-electron chi connectivity index (χ1n) is 9.36.